The van der Waals surface area contributed by atoms with Gasteiger partial charge in [0.1, 0.15) is 11.3 Å². The number of aromatic nitrogens is 1. The summed E-state index contributed by atoms with van der Waals surface area (Å²) < 4.78 is 27.1. The number of hydrogen-bond donors (Lipinski definition) is 2. The highest BCUT2D eigenvalue weighted by molar-refractivity contribution is 7.22. The summed E-state index contributed by atoms with van der Waals surface area (Å²) in [5.74, 6) is -2.38. The van der Waals surface area contributed by atoms with Crippen LogP contribution in [0, 0.1) is 11.6 Å². The SMILES string of the molecule is O=C(O)c1ccc(Nc2nc3c(F)cc(F)cc3s2)cc1. The average Bonchev–Trinajstić information content (AvgIpc) is 2.82. The molecular formula is C14H8F2N2O2S. The number of thiazole rings is 1. The Morgan fingerprint density at radius 2 is 1.90 bits per heavy atom. The van der Waals surface area contributed by atoms with Crippen LogP contribution in [0.3, 0.4) is 0 Å². The molecule has 0 amide bonds. The summed E-state index contributed by atoms with van der Waals surface area (Å²) in [6.07, 6.45) is 0. The van der Waals surface area contributed by atoms with Crippen molar-refractivity contribution in [1.82, 2.24) is 4.98 Å². The summed E-state index contributed by atoms with van der Waals surface area (Å²) in [5.41, 5.74) is 0.879. The zero-order chi connectivity index (χ0) is 15.0. The van der Waals surface area contributed by atoms with Crippen LogP contribution in [0.1, 0.15) is 10.4 Å². The van der Waals surface area contributed by atoms with E-state index < -0.39 is 17.6 Å². The third-order valence-electron chi connectivity index (χ3n) is 2.80. The smallest absolute Gasteiger partial charge is 0.335 e. The largest absolute Gasteiger partial charge is 0.478 e. The number of carboxylic acids is 1. The summed E-state index contributed by atoms with van der Waals surface area (Å²) in [6, 6.07) is 8.04. The molecule has 0 aliphatic rings. The Kier molecular flexibility index (Phi) is 3.26. The number of rotatable bonds is 3. The van der Waals surface area contributed by atoms with Gasteiger partial charge in [-0.15, -0.1) is 0 Å². The van der Waals surface area contributed by atoms with Crippen molar-refractivity contribution in [3.63, 3.8) is 0 Å². The first-order chi connectivity index (χ1) is 10.0. The predicted molar refractivity (Wildman–Crippen MR) is 76.2 cm³/mol. The van der Waals surface area contributed by atoms with Gasteiger partial charge in [-0.3, -0.25) is 0 Å². The molecule has 0 atom stereocenters. The van der Waals surface area contributed by atoms with Crippen LogP contribution in [0.2, 0.25) is 0 Å². The Morgan fingerprint density at radius 1 is 1.19 bits per heavy atom. The fraction of sp³-hybridized carbons (Fsp3) is 0. The van der Waals surface area contributed by atoms with Gasteiger partial charge >= 0.3 is 5.97 Å². The van der Waals surface area contributed by atoms with Crippen LogP contribution < -0.4 is 5.32 Å². The minimum absolute atomic E-state index is 0.103. The number of carboxylic acid groups (broad SMARTS) is 1. The maximum atomic E-state index is 13.6. The minimum Gasteiger partial charge on any atom is -0.478 e. The van der Waals surface area contributed by atoms with Crippen molar-refractivity contribution in [3.05, 3.63) is 53.6 Å². The molecule has 0 saturated carbocycles. The van der Waals surface area contributed by atoms with Gasteiger partial charge in [0.2, 0.25) is 0 Å². The highest BCUT2D eigenvalue weighted by atomic mass is 32.1. The molecule has 2 N–H and O–H groups in total. The minimum atomic E-state index is -1.01. The van der Waals surface area contributed by atoms with Gasteiger partial charge in [0.05, 0.1) is 10.3 Å². The number of nitrogens with zero attached hydrogens (tertiary/aromatic N) is 1. The van der Waals surface area contributed by atoms with Gasteiger partial charge in [0, 0.05) is 11.8 Å². The molecule has 106 valence electrons. The van der Waals surface area contributed by atoms with E-state index in [1.54, 1.807) is 12.1 Å². The third-order valence-corrected chi connectivity index (χ3v) is 3.71. The number of aromatic carboxylic acids is 1. The van der Waals surface area contributed by atoms with E-state index >= 15 is 0 Å². The van der Waals surface area contributed by atoms with Crippen LogP contribution in [0.5, 0.6) is 0 Å². The van der Waals surface area contributed by atoms with Crippen molar-refractivity contribution in [2.24, 2.45) is 0 Å². The first-order valence-electron chi connectivity index (χ1n) is 5.89. The van der Waals surface area contributed by atoms with Gasteiger partial charge in [-0.25, -0.2) is 18.6 Å². The molecule has 0 fully saturated rings. The van der Waals surface area contributed by atoms with Crippen LogP contribution in [-0.2, 0) is 0 Å². The zero-order valence-electron chi connectivity index (χ0n) is 10.4. The van der Waals surface area contributed by atoms with Gasteiger partial charge in [0.25, 0.3) is 0 Å². The highest BCUT2D eigenvalue weighted by Crippen LogP contribution is 2.30. The second-order valence-corrected chi connectivity index (χ2v) is 5.29. The number of nitrogens with one attached hydrogen (secondary N) is 1. The van der Waals surface area contributed by atoms with Crippen molar-refractivity contribution in [3.8, 4) is 0 Å². The lowest BCUT2D eigenvalue weighted by atomic mass is 10.2. The molecule has 7 heteroatoms. The second kappa shape index (κ2) is 5.10. The van der Waals surface area contributed by atoms with Gasteiger partial charge in [-0.05, 0) is 30.3 Å². The molecule has 4 nitrogen and oxygen atoms in total. The molecule has 0 radical (unpaired) electrons. The van der Waals surface area contributed by atoms with E-state index in [1.165, 1.54) is 18.2 Å². The Labute approximate surface area is 121 Å². The standard InChI is InChI=1S/C14H8F2N2O2S/c15-8-5-10(16)12-11(6-8)21-14(18-12)17-9-3-1-7(2-4-9)13(19)20/h1-6H,(H,17,18)(H,19,20). The fourth-order valence-corrected chi connectivity index (χ4v) is 2.76. The summed E-state index contributed by atoms with van der Waals surface area (Å²) >= 11 is 1.11. The van der Waals surface area contributed by atoms with Crippen LogP contribution in [0.25, 0.3) is 10.2 Å². The van der Waals surface area contributed by atoms with Crippen molar-refractivity contribution in [1.29, 1.82) is 0 Å². The lowest BCUT2D eigenvalue weighted by Crippen LogP contribution is -1.96. The molecule has 0 unspecified atom stereocenters. The van der Waals surface area contributed by atoms with Crippen molar-refractivity contribution in [2.75, 3.05) is 5.32 Å². The molecule has 0 spiro atoms. The maximum absolute atomic E-state index is 13.6. The molecule has 0 aliphatic carbocycles. The fourth-order valence-electron chi connectivity index (χ4n) is 1.83. The summed E-state index contributed by atoms with van der Waals surface area (Å²) in [4.78, 5) is 14.8. The molecule has 3 rings (SSSR count). The van der Waals surface area contributed by atoms with Gasteiger partial charge in [0.15, 0.2) is 10.9 Å². The Hall–Kier alpha value is -2.54. The van der Waals surface area contributed by atoms with E-state index in [0.29, 0.717) is 15.5 Å². The molecule has 1 heterocycles. The van der Waals surface area contributed by atoms with Crippen molar-refractivity contribution >= 4 is 38.3 Å². The number of fused-ring (bicyclic) bond motifs is 1. The first-order valence-corrected chi connectivity index (χ1v) is 6.70. The maximum Gasteiger partial charge on any atom is 0.335 e. The van der Waals surface area contributed by atoms with E-state index in [1.807, 2.05) is 0 Å². The normalized spacial score (nSPS) is 10.8. The molecule has 21 heavy (non-hydrogen) atoms. The van der Waals surface area contributed by atoms with Crippen LogP contribution in [0.4, 0.5) is 19.6 Å². The highest BCUT2D eigenvalue weighted by Gasteiger charge is 2.11. The van der Waals surface area contributed by atoms with E-state index in [4.69, 9.17) is 5.11 Å². The summed E-state index contributed by atoms with van der Waals surface area (Å²) in [7, 11) is 0. The molecule has 3 aromatic rings. The Balaban J connectivity index is 1.91. The number of hydrogen-bond acceptors (Lipinski definition) is 4. The van der Waals surface area contributed by atoms with E-state index in [9.17, 15) is 13.6 Å². The van der Waals surface area contributed by atoms with E-state index in [-0.39, 0.29) is 11.1 Å². The summed E-state index contributed by atoms with van der Waals surface area (Å²) in [5, 5.41) is 12.1. The number of benzene rings is 2. The molecule has 2 aromatic carbocycles. The summed E-state index contributed by atoms with van der Waals surface area (Å²) in [6.45, 7) is 0. The van der Waals surface area contributed by atoms with Crippen molar-refractivity contribution in [2.45, 2.75) is 0 Å². The van der Waals surface area contributed by atoms with Crippen LogP contribution >= 0.6 is 11.3 Å². The van der Waals surface area contributed by atoms with E-state index in [0.717, 1.165) is 17.4 Å². The number of anilines is 2. The molecule has 0 aliphatic heterocycles. The van der Waals surface area contributed by atoms with Gasteiger partial charge in [-0.2, -0.15) is 0 Å². The lowest BCUT2D eigenvalue weighted by Gasteiger charge is -2.02. The Bertz CT molecular complexity index is 831. The number of halogens is 2. The molecule has 0 saturated heterocycles. The monoisotopic (exact) mass is 306 g/mol. The van der Waals surface area contributed by atoms with Crippen LogP contribution in [-0.4, -0.2) is 16.1 Å². The quantitative estimate of drug-likeness (QED) is 0.767. The molecular weight excluding hydrogens is 298 g/mol. The van der Waals surface area contributed by atoms with E-state index in [2.05, 4.69) is 10.3 Å². The molecule has 0 bridgehead atoms. The molecule has 1 aromatic heterocycles. The average molecular weight is 306 g/mol. The van der Waals surface area contributed by atoms with Gasteiger partial charge < -0.3 is 10.4 Å². The lowest BCUT2D eigenvalue weighted by molar-refractivity contribution is 0.0697. The first kappa shape index (κ1) is 13.4. The number of carbonyl (C=O) groups is 1. The predicted octanol–water partition coefficient (Wildman–Crippen LogP) is 4.02. The van der Waals surface area contributed by atoms with Crippen molar-refractivity contribution < 1.29 is 18.7 Å². The van der Waals surface area contributed by atoms with Crippen LogP contribution in [0.15, 0.2) is 36.4 Å². The Morgan fingerprint density at radius 3 is 2.57 bits per heavy atom. The van der Waals surface area contributed by atoms with Gasteiger partial charge in [-0.1, -0.05) is 11.3 Å². The zero-order valence-corrected chi connectivity index (χ0v) is 11.2. The third kappa shape index (κ3) is 2.68. The second-order valence-electron chi connectivity index (χ2n) is 4.26. The topological polar surface area (TPSA) is 62.2 Å².